The maximum Gasteiger partial charge on any atom is 0.293 e. The highest BCUT2D eigenvalue weighted by atomic mass is 79.9. The van der Waals surface area contributed by atoms with Gasteiger partial charge in [0.2, 0.25) is 0 Å². The van der Waals surface area contributed by atoms with Gasteiger partial charge in [-0.15, -0.1) is 0 Å². The molecule has 0 unspecified atom stereocenters. The molecule has 23 heavy (non-hydrogen) atoms. The molecule has 0 aromatic carbocycles. The number of carbonyl (C=O) groups excluding carboxylic acids is 1. The second-order valence-electron chi connectivity index (χ2n) is 6.12. The van der Waals surface area contributed by atoms with Crippen LogP contribution in [-0.4, -0.2) is 53.2 Å². The number of fused-ring (bicyclic) bond motifs is 1. The molecular formula is C15H22BrN5O2. The zero-order valence-corrected chi connectivity index (χ0v) is 15.2. The molecule has 2 aromatic rings. The third-order valence-corrected chi connectivity index (χ3v) is 3.85. The van der Waals surface area contributed by atoms with Crippen molar-refractivity contribution >= 4 is 39.3 Å². The lowest BCUT2D eigenvalue weighted by atomic mass is 10.2. The number of H-pyrrole nitrogens is 1. The van der Waals surface area contributed by atoms with Crippen LogP contribution in [0.15, 0.2) is 17.0 Å². The lowest BCUT2D eigenvalue weighted by Crippen LogP contribution is -2.44. The molecule has 126 valence electrons. The lowest BCUT2D eigenvalue weighted by Gasteiger charge is -2.28. The summed E-state index contributed by atoms with van der Waals surface area (Å²) in [5.74, 6) is 1.01. The highest BCUT2D eigenvalue weighted by Crippen LogP contribution is 2.29. The number of anilines is 1. The Kier molecular flexibility index (Phi) is 5.95. The predicted octanol–water partition coefficient (Wildman–Crippen LogP) is 2.09. The molecule has 0 atom stereocenters. The maximum atomic E-state index is 9.60. The van der Waals surface area contributed by atoms with Crippen molar-refractivity contribution in [3.63, 3.8) is 0 Å². The van der Waals surface area contributed by atoms with Crippen molar-refractivity contribution in [2.24, 2.45) is 0 Å². The van der Waals surface area contributed by atoms with Gasteiger partial charge in [0.05, 0.1) is 5.39 Å². The van der Waals surface area contributed by atoms with Crippen molar-refractivity contribution in [3.05, 3.63) is 17.0 Å². The summed E-state index contributed by atoms with van der Waals surface area (Å²) in [6.07, 6.45) is 3.52. The van der Waals surface area contributed by atoms with E-state index in [1.807, 2.05) is 27.0 Å². The minimum Gasteiger partial charge on any atom is -0.462 e. The van der Waals surface area contributed by atoms with Crippen LogP contribution in [0.25, 0.3) is 11.0 Å². The monoisotopic (exact) mass is 383 g/mol. The number of hydrogen-bond donors (Lipinski definition) is 2. The topological polar surface area (TPSA) is 83.1 Å². The van der Waals surface area contributed by atoms with Crippen LogP contribution >= 0.6 is 15.9 Å². The van der Waals surface area contributed by atoms with E-state index in [2.05, 4.69) is 45.8 Å². The maximum absolute atomic E-state index is 9.60. The number of nitrogens with zero attached hydrogens (tertiary/aromatic N) is 3. The molecule has 0 aliphatic carbocycles. The van der Waals surface area contributed by atoms with Gasteiger partial charge in [-0.3, -0.25) is 4.79 Å². The summed E-state index contributed by atoms with van der Waals surface area (Å²) in [5.41, 5.74) is 0.567. The summed E-state index contributed by atoms with van der Waals surface area (Å²) >= 11 is 3.53. The van der Waals surface area contributed by atoms with E-state index in [1.165, 1.54) is 0 Å². The highest BCUT2D eigenvalue weighted by molar-refractivity contribution is 9.10. The van der Waals surface area contributed by atoms with Crippen molar-refractivity contribution < 1.29 is 9.53 Å². The number of rotatable bonds is 2. The van der Waals surface area contributed by atoms with Gasteiger partial charge in [0.25, 0.3) is 6.47 Å². The van der Waals surface area contributed by atoms with Gasteiger partial charge in [0.1, 0.15) is 23.4 Å². The summed E-state index contributed by atoms with van der Waals surface area (Å²) in [4.78, 5) is 23.6. The molecule has 0 spiro atoms. The molecular weight excluding hydrogens is 362 g/mol. The predicted molar refractivity (Wildman–Crippen MR) is 93.6 cm³/mol. The molecule has 3 rings (SSSR count). The number of halogens is 1. The smallest absolute Gasteiger partial charge is 0.293 e. The summed E-state index contributed by atoms with van der Waals surface area (Å²) in [6.45, 7) is 9.92. The van der Waals surface area contributed by atoms with Crippen LogP contribution < -0.4 is 10.2 Å². The van der Waals surface area contributed by atoms with Gasteiger partial charge in [-0.1, -0.05) is 0 Å². The fourth-order valence-electron chi connectivity index (χ4n) is 2.17. The number of ether oxygens (including phenoxy) is 1. The van der Waals surface area contributed by atoms with Gasteiger partial charge in [0.15, 0.2) is 0 Å². The molecule has 1 fully saturated rings. The minimum atomic E-state index is -0.318. The van der Waals surface area contributed by atoms with E-state index >= 15 is 0 Å². The first-order chi connectivity index (χ1) is 10.9. The average molecular weight is 384 g/mol. The van der Waals surface area contributed by atoms with E-state index in [0.29, 0.717) is 6.47 Å². The Morgan fingerprint density at radius 2 is 2.00 bits per heavy atom. The Hall–Kier alpha value is -1.67. The van der Waals surface area contributed by atoms with Crippen molar-refractivity contribution in [2.75, 3.05) is 31.1 Å². The van der Waals surface area contributed by atoms with Crippen molar-refractivity contribution in [3.8, 4) is 0 Å². The molecule has 0 amide bonds. The van der Waals surface area contributed by atoms with Gasteiger partial charge < -0.3 is 19.9 Å². The molecule has 8 heteroatoms. The first-order valence-corrected chi connectivity index (χ1v) is 8.26. The fraction of sp³-hybridized carbons (Fsp3) is 0.533. The second-order valence-corrected chi connectivity index (χ2v) is 6.98. The van der Waals surface area contributed by atoms with E-state index in [4.69, 9.17) is 0 Å². The number of aromatic nitrogens is 3. The van der Waals surface area contributed by atoms with E-state index < -0.39 is 0 Å². The van der Waals surface area contributed by atoms with Gasteiger partial charge in [0, 0.05) is 36.8 Å². The summed E-state index contributed by atoms with van der Waals surface area (Å²) < 4.78 is 5.57. The minimum absolute atomic E-state index is 0.318. The third-order valence-electron chi connectivity index (χ3n) is 3.22. The second kappa shape index (κ2) is 7.74. The molecule has 3 heterocycles. The number of hydrogen-bond acceptors (Lipinski definition) is 6. The fourth-order valence-corrected chi connectivity index (χ4v) is 2.65. The van der Waals surface area contributed by atoms with Crippen LogP contribution in [-0.2, 0) is 9.53 Å². The zero-order chi connectivity index (χ0) is 16.9. The third kappa shape index (κ3) is 4.90. The number of carbonyl (C=O) groups is 1. The van der Waals surface area contributed by atoms with Gasteiger partial charge in [-0.2, -0.15) is 0 Å². The number of piperazine rings is 1. The summed E-state index contributed by atoms with van der Waals surface area (Å²) in [6, 6.07) is 0. The quantitative estimate of drug-likeness (QED) is 0.772. The molecule has 7 nitrogen and oxygen atoms in total. The first kappa shape index (κ1) is 17.7. The standard InChI is InChI=1S/C10H12BrN5.C5H10O2/c11-7-5-13-9-8(7)10(15-6-14-9)16-3-1-12-2-4-16;1-5(2,3)7-4-6/h5-6,12H,1-4H2,(H,13,14,15);4H,1-3H3. The largest absolute Gasteiger partial charge is 0.462 e. The summed E-state index contributed by atoms with van der Waals surface area (Å²) in [5, 5.41) is 4.41. The van der Waals surface area contributed by atoms with Crippen molar-refractivity contribution in [1.29, 1.82) is 0 Å². The van der Waals surface area contributed by atoms with Gasteiger partial charge >= 0.3 is 0 Å². The van der Waals surface area contributed by atoms with Crippen LogP contribution in [0.5, 0.6) is 0 Å². The molecule has 0 bridgehead atoms. The van der Waals surface area contributed by atoms with Gasteiger partial charge in [-0.25, -0.2) is 9.97 Å². The van der Waals surface area contributed by atoms with E-state index in [0.717, 1.165) is 47.5 Å². The molecule has 1 aliphatic heterocycles. The zero-order valence-electron chi connectivity index (χ0n) is 13.6. The van der Waals surface area contributed by atoms with Gasteiger partial charge in [-0.05, 0) is 36.7 Å². The molecule has 0 saturated carbocycles. The summed E-state index contributed by atoms with van der Waals surface area (Å²) in [7, 11) is 0. The molecule has 2 aromatic heterocycles. The average Bonchev–Trinajstić information content (AvgIpc) is 2.89. The Morgan fingerprint density at radius 1 is 1.30 bits per heavy atom. The van der Waals surface area contributed by atoms with E-state index in [-0.39, 0.29) is 5.60 Å². The van der Waals surface area contributed by atoms with Crippen LogP contribution in [0.3, 0.4) is 0 Å². The SMILES string of the molecule is Brc1c[nH]c2ncnc(N3CCNCC3)c12.CC(C)(C)OC=O. The van der Waals surface area contributed by atoms with E-state index in [1.54, 1.807) is 6.33 Å². The molecule has 2 N–H and O–H groups in total. The number of aromatic amines is 1. The Labute approximate surface area is 143 Å². The van der Waals surface area contributed by atoms with Crippen LogP contribution in [0, 0.1) is 0 Å². The Morgan fingerprint density at radius 3 is 2.57 bits per heavy atom. The molecule has 0 radical (unpaired) electrons. The lowest BCUT2D eigenvalue weighted by molar-refractivity contribution is -0.138. The molecule has 1 aliphatic rings. The molecule has 1 saturated heterocycles. The van der Waals surface area contributed by atoms with E-state index in [9.17, 15) is 4.79 Å². The van der Waals surface area contributed by atoms with Crippen molar-refractivity contribution in [2.45, 2.75) is 26.4 Å². The Balaban J connectivity index is 0.000000236. The number of nitrogens with one attached hydrogen (secondary N) is 2. The normalized spacial score (nSPS) is 15.0. The van der Waals surface area contributed by atoms with Crippen molar-refractivity contribution in [1.82, 2.24) is 20.3 Å². The Bertz CT molecular complexity index is 647. The first-order valence-electron chi connectivity index (χ1n) is 7.47. The van der Waals surface area contributed by atoms with Crippen LogP contribution in [0.1, 0.15) is 20.8 Å². The highest BCUT2D eigenvalue weighted by Gasteiger charge is 2.17. The van der Waals surface area contributed by atoms with Crippen LogP contribution in [0.2, 0.25) is 0 Å². The van der Waals surface area contributed by atoms with Crippen LogP contribution in [0.4, 0.5) is 5.82 Å².